The van der Waals surface area contributed by atoms with Gasteiger partial charge in [-0.15, -0.1) is 0 Å². The van der Waals surface area contributed by atoms with Gasteiger partial charge in [-0.25, -0.2) is 0 Å². The van der Waals surface area contributed by atoms with Crippen molar-refractivity contribution in [3.05, 3.63) is 27.7 Å². The average molecular weight is 268 g/mol. The van der Waals surface area contributed by atoms with Crippen molar-refractivity contribution in [2.45, 2.75) is 0 Å². The van der Waals surface area contributed by atoms with Gasteiger partial charge in [0.25, 0.3) is 0 Å². The van der Waals surface area contributed by atoms with Gasteiger partial charge in [0.2, 0.25) is 0 Å². The van der Waals surface area contributed by atoms with E-state index in [-0.39, 0.29) is 0 Å². The zero-order valence-corrected chi connectivity index (χ0v) is 9.49. The molecule has 0 spiro atoms. The Balaban J connectivity index is 2.72. The lowest BCUT2D eigenvalue weighted by Crippen LogP contribution is -1.98. The highest BCUT2D eigenvalue weighted by atomic mass is 79.9. The molecule has 12 heavy (non-hydrogen) atoms. The Morgan fingerprint density at radius 2 is 2.25 bits per heavy atom. The second-order valence-corrected chi connectivity index (χ2v) is 3.88. The SMILES string of the molecule is SCCOc1ccc(Cl)cc1Br. The molecular weight excluding hydrogens is 260 g/mol. The molecule has 0 aliphatic heterocycles. The van der Waals surface area contributed by atoms with Crippen molar-refractivity contribution in [2.75, 3.05) is 12.4 Å². The summed E-state index contributed by atoms with van der Waals surface area (Å²) >= 11 is 13.1. The molecule has 0 unspecified atom stereocenters. The fourth-order valence-corrected chi connectivity index (χ4v) is 1.64. The predicted molar refractivity (Wildman–Crippen MR) is 58.5 cm³/mol. The Hall–Kier alpha value is 0.140. The topological polar surface area (TPSA) is 9.23 Å². The van der Waals surface area contributed by atoms with Gasteiger partial charge >= 0.3 is 0 Å². The van der Waals surface area contributed by atoms with Crippen molar-refractivity contribution < 1.29 is 4.74 Å². The van der Waals surface area contributed by atoms with Gasteiger partial charge in [0.15, 0.2) is 0 Å². The summed E-state index contributed by atoms with van der Waals surface area (Å²) < 4.78 is 6.23. The van der Waals surface area contributed by atoms with Gasteiger partial charge in [0, 0.05) is 10.8 Å². The van der Waals surface area contributed by atoms with Gasteiger partial charge in [-0.2, -0.15) is 12.6 Å². The minimum absolute atomic E-state index is 0.601. The first-order chi connectivity index (χ1) is 5.74. The van der Waals surface area contributed by atoms with E-state index in [0.29, 0.717) is 17.4 Å². The molecular formula is C8H8BrClOS. The van der Waals surface area contributed by atoms with Crippen LogP contribution in [0, 0.1) is 0 Å². The van der Waals surface area contributed by atoms with Crippen LogP contribution in [0.5, 0.6) is 5.75 Å². The third-order valence-corrected chi connectivity index (χ3v) is 2.28. The summed E-state index contributed by atoms with van der Waals surface area (Å²) in [4.78, 5) is 0. The number of benzene rings is 1. The van der Waals surface area contributed by atoms with Gasteiger partial charge in [-0.3, -0.25) is 0 Å². The van der Waals surface area contributed by atoms with Crippen LogP contribution < -0.4 is 4.74 Å². The standard InChI is InChI=1S/C8H8BrClOS/c9-7-5-6(10)1-2-8(7)11-3-4-12/h1-2,5,12H,3-4H2. The first-order valence-corrected chi connectivity index (χ1v) is 5.23. The maximum absolute atomic E-state index is 5.75. The molecule has 0 radical (unpaired) electrons. The fraction of sp³-hybridized carbons (Fsp3) is 0.250. The molecule has 1 rings (SSSR count). The van der Waals surface area contributed by atoms with E-state index in [9.17, 15) is 0 Å². The molecule has 0 aromatic heterocycles. The summed E-state index contributed by atoms with van der Waals surface area (Å²) in [5, 5.41) is 0.695. The zero-order chi connectivity index (χ0) is 8.97. The maximum Gasteiger partial charge on any atom is 0.133 e. The average Bonchev–Trinajstić information content (AvgIpc) is 2.03. The molecule has 66 valence electrons. The quantitative estimate of drug-likeness (QED) is 0.826. The Kier molecular flexibility index (Phi) is 4.26. The van der Waals surface area contributed by atoms with Crippen LogP contribution in [0.2, 0.25) is 5.02 Å². The normalized spacial score (nSPS) is 9.92. The summed E-state index contributed by atoms with van der Waals surface area (Å²) in [6, 6.07) is 5.42. The van der Waals surface area contributed by atoms with E-state index in [4.69, 9.17) is 16.3 Å². The van der Waals surface area contributed by atoms with Crippen LogP contribution in [0.1, 0.15) is 0 Å². The van der Waals surface area contributed by atoms with Crippen LogP contribution in [0.4, 0.5) is 0 Å². The highest BCUT2D eigenvalue weighted by molar-refractivity contribution is 9.10. The smallest absolute Gasteiger partial charge is 0.133 e. The van der Waals surface area contributed by atoms with Crippen LogP contribution >= 0.6 is 40.2 Å². The summed E-state index contributed by atoms with van der Waals surface area (Å²) in [7, 11) is 0. The van der Waals surface area contributed by atoms with Crippen LogP contribution in [-0.4, -0.2) is 12.4 Å². The Morgan fingerprint density at radius 3 is 2.83 bits per heavy atom. The van der Waals surface area contributed by atoms with E-state index in [1.165, 1.54) is 0 Å². The van der Waals surface area contributed by atoms with E-state index < -0.39 is 0 Å². The van der Waals surface area contributed by atoms with Gasteiger partial charge < -0.3 is 4.74 Å². The lowest BCUT2D eigenvalue weighted by molar-refractivity contribution is 0.342. The van der Waals surface area contributed by atoms with E-state index in [1.807, 2.05) is 6.07 Å². The molecule has 1 nitrogen and oxygen atoms in total. The molecule has 1 aromatic rings. The summed E-state index contributed by atoms with van der Waals surface area (Å²) in [6.45, 7) is 0.601. The van der Waals surface area contributed by atoms with Crippen LogP contribution in [0.3, 0.4) is 0 Å². The molecule has 0 amide bonds. The fourth-order valence-electron chi connectivity index (χ4n) is 0.748. The van der Waals surface area contributed by atoms with Gasteiger partial charge in [0.1, 0.15) is 5.75 Å². The molecule has 0 fully saturated rings. The van der Waals surface area contributed by atoms with Crippen LogP contribution in [-0.2, 0) is 0 Å². The lowest BCUT2D eigenvalue weighted by atomic mass is 10.3. The lowest BCUT2D eigenvalue weighted by Gasteiger charge is -2.05. The predicted octanol–water partition coefficient (Wildman–Crippen LogP) is 3.41. The van der Waals surface area contributed by atoms with Crippen LogP contribution in [0.25, 0.3) is 0 Å². The summed E-state index contributed by atoms with van der Waals surface area (Å²) in [5.74, 6) is 1.50. The molecule has 0 saturated carbocycles. The number of rotatable bonds is 3. The highest BCUT2D eigenvalue weighted by Crippen LogP contribution is 2.27. The number of ether oxygens (including phenoxy) is 1. The van der Waals surface area contributed by atoms with E-state index in [1.54, 1.807) is 12.1 Å². The number of hydrogen-bond donors (Lipinski definition) is 1. The molecule has 0 aliphatic rings. The molecule has 0 saturated heterocycles. The second-order valence-electron chi connectivity index (χ2n) is 2.15. The first kappa shape index (κ1) is 10.2. The third-order valence-electron chi connectivity index (χ3n) is 1.24. The number of halogens is 2. The maximum atomic E-state index is 5.75. The second kappa shape index (κ2) is 5.00. The first-order valence-electron chi connectivity index (χ1n) is 3.43. The summed E-state index contributed by atoms with van der Waals surface area (Å²) in [5.41, 5.74) is 0. The van der Waals surface area contributed by atoms with Gasteiger partial charge in [0.05, 0.1) is 11.1 Å². The molecule has 0 atom stereocenters. The molecule has 0 aliphatic carbocycles. The molecule has 1 aromatic carbocycles. The van der Waals surface area contributed by atoms with Crippen molar-refractivity contribution in [1.29, 1.82) is 0 Å². The third kappa shape index (κ3) is 2.88. The Bertz CT molecular complexity index is 267. The van der Waals surface area contributed by atoms with Crippen molar-refractivity contribution in [1.82, 2.24) is 0 Å². The van der Waals surface area contributed by atoms with Crippen molar-refractivity contribution in [2.24, 2.45) is 0 Å². The van der Waals surface area contributed by atoms with Crippen LogP contribution in [0.15, 0.2) is 22.7 Å². The van der Waals surface area contributed by atoms with Crippen molar-refractivity contribution in [3.63, 3.8) is 0 Å². The number of thiol groups is 1. The van der Waals surface area contributed by atoms with Crippen molar-refractivity contribution >= 4 is 40.2 Å². The van der Waals surface area contributed by atoms with Crippen molar-refractivity contribution in [3.8, 4) is 5.75 Å². The summed E-state index contributed by atoms with van der Waals surface area (Å²) in [6.07, 6.45) is 0. The van der Waals surface area contributed by atoms with E-state index in [2.05, 4.69) is 28.6 Å². The monoisotopic (exact) mass is 266 g/mol. The van der Waals surface area contributed by atoms with Gasteiger partial charge in [-0.05, 0) is 34.1 Å². The molecule has 0 heterocycles. The molecule has 0 N–H and O–H groups in total. The largest absolute Gasteiger partial charge is 0.492 e. The Morgan fingerprint density at radius 1 is 1.50 bits per heavy atom. The number of hydrogen-bond acceptors (Lipinski definition) is 2. The molecule has 0 bridgehead atoms. The zero-order valence-electron chi connectivity index (χ0n) is 6.26. The minimum Gasteiger partial charge on any atom is -0.492 e. The van der Waals surface area contributed by atoms with Gasteiger partial charge in [-0.1, -0.05) is 11.6 Å². The van der Waals surface area contributed by atoms with E-state index >= 15 is 0 Å². The highest BCUT2D eigenvalue weighted by Gasteiger charge is 2.00. The Labute approximate surface area is 90.6 Å². The van der Waals surface area contributed by atoms with E-state index in [0.717, 1.165) is 10.2 Å². The minimum atomic E-state index is 0.601. The molecule has 4 heteroatoms.